The third kappa shape index (κ3) is 1.19. The fourth-order valence-electron chi connectivity index (χ4n) is 1.25. The smallest absolute Gasteiger partial charge is 0.137 e. The predicted octanol–water partition coefficient (Wildman–Crippen LogP) is 1.71. The number of hydrogen-bond donors (Lipinski definition) is 1. The third-order valence-electron chi connectivity index (χ3n) is 1.75. The van der Waals surface area contributed by atoms with E-state index in [1.54, 1.807) is 13.3 Å². The summed E-state index contributed by atoms with van der Waals surface area (Å²) in [6.07, 6.45) is 1.77. The quantitative estimate of drug-likeness (QED) is 0.730. The van der Waals surface area contributed by atoms with Gasteiger partial charge in [0.25, 0.3) is 0 Å². The Morgan fingerprint density at radius 3 is 3.25 bits per heavy atom. The van der Waals surface area contributed by atoms with Crippen molar-refractivity contribution >= 4 is 11.0 Å². The lowest BCUT2D eigenvalue weighted by atomic mass is 10.3. The van der Waals surface area contributed by atoms with Gasteiger partial charge in [0, 0.05) is 24.4 Å². The van der Waals surface area contributed by atoms with Crippen molar-refractivity contribution in [3.05, 3.63) is 30.1 Å². The summed E-state index contributed by atoms with van der Waals surface area (Å²) >= 11 is 0. The van der Waals surface area contributed by atoms with Gasteiger partial charge in [-0.1, -0.05) is 0 Å². The molecule has 0 radical (unpaired) electrons. The molecule has 0 aliphatic heterocycles. The van der Waals surface area contributed by atoms with E-state index >= 15 is 0 Å². The molecule has 0 fully saturated rings. The van der Waals surface area contributed by atoms with Gasteiger partial charge in [-0.05, 0) is 18.2 Å². The van der Waals surface area contributed by atoms with Gasteiger partial charge < -0.3 is 9.72 Å². The fraction of sp³-hybridized carbons (Fsp3) is 0.222. The lowest BCUT2D eigenvalue weighted by molar-refractivity contribution is 0.182. The van der Waals surface area contributed by atoms with E-state index in [1.807, 2.05) is 18.2 Å². The van der Waals surface area contributed by atoms with Crippen LogP contribution in [0.25, 0.3) is 11.0 Å². The number of aromatic amines is 1. The number of H-pyrrole nitrogens is 1. The number of nitrogens with one attached hydrogen (secondary N) is 1. The second-order valence-corrected chi connectivity index (χ2v) is 2.67. The molecule has 0 saturated heterocycles. The van der Waals surface area contributed by atoms with Gasteiger partial charge in [-0.25, -0.2) is 4.98 Å². The van der Waals surface area contributed by atoms with E-state index in [0.717, 1.165) is 16.7 Å². The molecule has 12 heavy (non-hydrogen) atoms. The number of ether oxygens (including phenoxy) is 1. The molecular formula is C9H10N2O. The first kappa shape index (κ1) is 7.31. The number of nitrogens with zero attached hydrogens (tertiary/aromatic N) is 1. The van der Waals surface area contributed by atoms with Crippen LogP contribution in [0.1, 0.15) is 5.69 Å². The van der Waals surface area contributed by atoms with Crippen molar-refractivity contribution in [2.45, 2.75) is 6.61 Å². The van der Waals surface area contributed by atoms with Gasteiger partial charge in [-0.2, -0.15) is 0 Å². The molecule has 0 spiro atoms. The number of fused-ring (bicyclic) bond motifs is 1. The third-order valence-corrected chi connectivity index (χ3v) is 1.75. The number of methoxy groups -OCH3 is 1. The number of rotatable bonds is 2. The lowest BCUT2D eigenvalue weighted by Crippen LogP contribution is -1.85. The molecule has 0 atom stereocenters. The molecule has 0 aromatic carbocycles. The SMILES string of the molecule is COCc1cc2cccnc2[nH]1. The van der Waals surface area contributed by atoms with Crippen molar-refractivity contribution in [3.63, 3.8) is 0 Å². The Kier molecular flexibility index (Phi) is 1.80. The minimum absolute atomic E-state index is 0.608. The van der Waals surface area contributed by atoms with Crippen LogP contribution >= 0.6 is 0 Å². The topological polar surface area (TPSA) is 37.9 Å². The molecule has 62 valence electrons. The zero-order chi connectivity index (χ0) is 8.39. The van der Waals surface area contributed by atoms with E-state index in [-0.39, 0.29) is 0 Å². The first-order chi connectivity index (χ1) is 5.90. The maximum absolute atomic E-state index is 5.00. The Morgan fingerprint density at radius 1 is 1.58 bits per heavy atom. The monoisotopic (exact) mass is 162 g/mol. The summed E-state index contributed by atoms with van der Waals surface area (Å²) < 4.78 is 5.00. The van der Waals surface area contributed by atoms with Crippen molar-refractivity contribution in [2.75, 3.05) is 7.11 Å². The normalized spacial score (nSPS) is 10.8. The molecule has 2 heterocycles. The standard InChI is InChI=1S/C9H10N2O/c1-12-6-8-5-7-3-2-4-10-9(7)11-8/h2-5H,6H2,1H3,(H,10,11). The zero-order valence-corrected chi connectivity index (χ0v) is 6.87. The summed E-state index contributed by atoms with van der Waals surface area (Å²) in [6, 6.07) is 6.00. The van der Waals surface area contributed by atoms with E-state index in [2.05, 4.69) is 9.97 Å². The van der Waals surface area contributed by atoms with Crippen LogP contribution < -0.4 is 0 Å². The minimum atomic E-state index is 0.608. The van der Waals surface area contributed by atoms with Gasteiger partial charge in [0.1, 0.15) is 5.65 Å². The van der Waals surface area contributed by atoms with Crippen molar-refractivity contribution in [3.8, 4) is 0 Å². The highest BCUT2D eigenvalue weighted by molar-refractivity contribution is 5.76. The Hall–Kier alpha value is -1.35. The molecule has 0 bridgehead atoms. The molecule has 3 nitrogen and oxygen atoms in total. The highest BCUT2D eigenvalue weighted by Gasteiger charge is 1.98. The van der Waals surface area contributed by atoms with Crippen LogP contribution in [0.3, 0.4) is 0 Å². The summed E-state index contributed by atoms with van der Waals surface area (Å²) in [5, 5.41) is 1.13. The van der Waals surface area contributed by atoms with E-state index in [4.69, 9.17) is 4.74 Å². The summed E-state index contributed by atoms with van der Waals surface area (Å²) in [7, 11) is 1.68. The molecule has 3 heteroatoms. The van der Waals surface area contributed by atoms with Crippen molar-refractivity contribution in [1.29, 1.82) is 0 Å². The number of pyridine rings is 1. The van der Waals surface area contributed by atoms with E-state index in [9.17, 15) is 0 Å². The lowest BCUT2D eigenvalue weighted by Gasteiger charge is -1.90. The van der Waals surface area contributed by atoms with Gasteiger partial charge in [-0.3, -0.25) is 0 Å². The van der Waals surface area contributed by atoms with Gasteiger partial charge in [0.15, 0.2) is 0 Å². The van der Waals surface area contributed by atoms with Crippen molar-refractivity contribution in [2.24, 2.45) is 0 Å². The van der Waals surface area contributed by atoms with Crippen LogP contribution in [-0.4, -0.2) is 17.1 Å². The number of aromatic nitrogens is 2. The Bertz CT molecular complexity index is 348. The van der Waals surface area contributed by atoms with E-state index in [1.165, 1.54) is 0 Å². The molecular weight excluding hydrogens is 152 g/mol. The van der Waals surface area contributed by atoms with Crippen LogP contribution in [0, 0.1) is 0 Å². The second kappa shape index (κ2) is 2.95. The first-order valence-electron chi connectivity index (χ1n) is 3.81. The minimum Gasteiger partial charge on any atom is -0.378 e. The predicted molar refractivity (Wildman–Crippen MR) is 46.8 cm³/mol. The van der Waals surface area contributed by atoms with Crippen LogP contribution in [-0.2, 0) is 11.3 Å². The fourth-order valence-corrected chi connectivity index (χ4v) is 1.25. The summed E-state index contributed by atoms with van der Waals surface area (Å²) in [6.45, 7) is 0.608. The van der Waals surface area contributed by atoms with Gasteiger partial charge >= 0.3 is 0 Å². The van der Waals surface area contributed by atoms with Crippen molar-refractivity contribution in [1.82, 2.24) is 9.97 Å². The van der Waals surface area contributed by atoms with Crippen LogP contribution in [0.5, 0.6) is 0 Å². The van der Waals surface area contributed by atoms with Gasteiger partial charge in [0.2, 0.25) is 0 Å². The maximum atomic E-state index is 5.00. The van der Waals surface area contributed by atoms with Crippen molar-refractivity contribution < 1.29 is 4.74 Å². The largest absolute Gasteiger partial charge is 0.378 e. The van der Waals surface area contributed by atoms with E-state index in [0.29, 0.717) is 6.61 Å². The number of hydrogen-bond acceptors (Lipinski definition) is 2. The molecule has 2 aromatic rings. The molecule has 0 amide bonds. The second-order valence-electron chi connectivity index (χ2n) is 2.67. The Balaban J connectivity index is 2.47. The zero-order valence-electron chi connectivity index (χ0n) is 6.87. The first-order valence-corrected chi connectivity index (χ1v) is 3.81. The molecule has 0 aliphatic carbocycles. The molecule has 0 unspecified atom stereocenters. The summed E-state index contributed by atoms with van der Waals surface area (Å²) in [4.78, 5) is 7.33. The highest BCUT2D eigenvalue weighted by Crippen LogP contribution is 2.12. The summed E-state index contributed by atoms with van der Waals surface area (Å²) in [5.74, 6) is 0. The maximum Gasteiger partial charge on any atom is 0.137 e. The molecule has 2 rings (SSSR count). The Morgan fingerprint density at radius 2 is 2.50 bits per heavy atom. The molecule has 0 aliphatic rings. The van der Waals surface area contributed by atoms with Crippen LogP contribution in [0.4, 0.5) is 0 Å². The van der Waals surface area contributed by atoms with Crippen LogP contribution in [0.15, 0.2) is 24.4 Å². The Labute approximate surface area is 70.4 Å². The van der Waals surface area contributed by atoms with E-state index < -0.39 is 0 Å². The molecule has 0 saturated carbocycles. The van der Waals surface area contributed by atoms with Crippen LogP contribution in [0.2, 0.25) is 0 Å². The van der Waals surface area contributed by atoms with Gasteiger partial charge in [0.05, 0.1) is 6.61 Å². The van der Waals surface area contributed by atoms with Gasteiger partial charge in [-0.15, -0.1) is 0 Å². The molecule has 2 aromatic heterocycles. The average Bonchev–Trinajstić information content (AvgIpc) is 2.47. The highest BCUT2D eigenvalue weighted by atomic mass is 16.5. The summed E-state index contributed by atoms with van der Waals surface area (Å²) in [5.41, 5.74) is 1.98. The molecule has 1 N–H and O–H groups in total. The average molecular weight is 162 g/mol.